The standard InChI is InChI=1S/C9H13ClN4O3S/c10-6-1-2-7(11)8(5-6)18(16,17)14-4-3-13-9(12)15/h1-2,5,14H,3-4,11H2,(H3,12,13,15). The summed E-state index contributed by atoms with van der Waals surface area (Å²) in [5.74, 6) is 0. The lowest BCUT2D eigenvalue weighted by atomic mass is 10.3. The van der Waals surface area contributed by atoms with Crippen molar-refractivity contribution in [1.82, 2.24) is 10.0 Å². The maximum Gasteiger partial charge on any atom is 0.312 e. The van der Waals surface area contributed by atoms with E-state index >= 15 is 0 Å². The topological polar surface area (TPSA) is 127 Å². The molecule has 0 bridgehead atoms. The smallest absolute Gasteiger partial charge is 0.312 e. The van der Waals surface area contributed by atoms with Crippen LogP contribution in [0, 0.1) is 0 Å². The van der Waals surface area contributed by atoms with Crippen LogP contribution in [-0.4, -0.2) is 27.5 Å². The highest BCUT2D eigenvalue weighted by atomic mass is 35.5. The number of nitrogens with one attached hydrogen (secondary N) is 2. The van der Waals surface area contributed by atoms with Gasteiger partial charge in [-0.25, -0.2) is 17.9 Å². The molecule has 7 nitrogen and oxygen atoms in total. The summed E-state index contributed by atoms with van der Waals surface area (Å²) in [6.45, 7) is 0.0757. The molecule has 0 saturated heterocycles. The summed E-state index contributed by atoms with van der Waals surface area (Å²) < 4.78 is 26.0. The van der Waals surface area contributed by atoms with E-state index in [1.165, 1.54) is 18.2 Å². The van der Waals surface area contributed by atoms with Crippen LogP contribution in [0.1, 0.15) is 0 Å². The third kappa shape index (κ3) is 4.06. The first-order chi connectivity index (χ1) is 8.33. The first-order valence-corrected chi connectivity index (χ1v) is 6.77. The number of anilines is 1. The molecule has 6 N–H and O–H groups in total. The van der Waals surface area contributed by atoms with Crippen molar-refractivity contribution >= 4 is 33.3 Å². The average molecular weight is 293 g/mol. The first kappa shape index (κ1) is 14.6. The zero-order valence-corrected chi connectivity index (χ0v) is 10.9. The Hall–Kier alpha value is -1.51. The number of nitrogen functional groups attached to an aromatic ring is 1. The molecular formula is C9H13ClN4O3S. The summed E-state index contributed by atoms with van der Waals surface area (Å²) in [7, 11) is -3.76. The van der Waals surface area contributed by atoms with Gasteiger partial charge in [0.05, 0.1) is 5.69 Å². The van der Waals surface area contributed by atoms with Gasteiger partial charge in [-0.15, -0.1) is 0 Å². The molecule has 1 aromatic carbocycles. The molecule has 9 heteroatoms. The van der Waals surface area contributed by atoms with Crippen molar-refractivity contribution in [2.24, 2.45) is 5.73 Å². The zero-order valence-electron chi connectivity index (χ0n) is 9.31. The summed E-state index contributed by atoms with van der Waals surface area (Å²) in [6.07, 6.45) is 0. The van der Waals surface area contributed by atoms with Gasteiger partial charge in [0, 0.05) is 18.1 Å². The van der Waals surface area contributed by atoms with Crippen LogP contribution in [0.3, 0.4) is 0 Å². The van der Waals surface area contributed by atoms with E-state index in [0.717, 1.165) is 0 Å². The lowest BCUT2D eigenvalue weighted by Crippen LogP contribution is -2.37. The fourth-order valence-corrected chi connectivity index (χ4v) is 2.61. The molecule has 100 valence electrons. The fourth-order valence-electron chi connectivity index (χ4n) is 1.19. The maximum absolute atomic E-state index is 11.9. The summed E-state index contributed by atoms with van der Waals surface area (Å²) in [4.78, 5) is 10.3. The Morgan fingerprint density at radius 3 is 2.61 bits per heavy atom. The average Bonchev–Trinajstić information content (AvgIpc) is 2.27. The molecule has 0 aromatic heterocycles. The minimum Gasteiger partial charge on any atom is -0.398 e. The molecule has 0 aliphatic rings. The number of hydrogen-bond donors (Lipinski definition) is 4. The van der Waals surface area contributed by atoms with Crippen LogP contribution >= 0.6 is 11.6 Å². The second-order valence-corrected chi connectivity index (χ2v) is 5.54. The molecule has 0 spiro atoms. The van der Waals surface area contributed by atoms with Crippen LogP contribution in [0.2, 0.25) is 5.02 Å². The van der Waals surface area contributed by atoms with Gasteiger partial charge in [-0.3, -0.25) is 0 Å². The first-order valence-electron chi connectivity index (χ1n) is 4.91. The number of amides is 2. The van der Waals surface area contributed by atoms with Crippen LogP contribution in [0.25, 0.3) is 0 Å². The second kappa shape index (κ2) is 5.89. The summed E-state index contributed by atoms with van der Waals surface area (Å²) >= 11 is 5.70. The molecule has 0 aliphatic heterocycles. The van der Waals surface area contributed by atoms with Crippen molar-refractivity contribution in [2.45, 2.75) is 4.90 Å². The molecule has 0 unspecified atom stereocenters. The van der Waals surface area contributed by atoms with E-state index in [4.69, 9.17) is 23.1 Å². The minimum atomic E-state index is -3.76. The number of urea groups is 1. The van der Waals surface area contributed by atoms with E-state index in [9.17, 15) is 13.2 Å². The van der Waals surface area contributed by atoms with Gasteiger partial charge < -0.3 is 16.8 Å². The molecule has 0 fully saturated rings. The second-order valence-electron chi connectivity index (χ2n) is 3.37. The van der Waals surface area contributed by atoms with Crippen LogP contribution in [-0.2, 0) is 10.0 Å². The molecule has 0 aliphatic carbocycles. The van der Waals surface area contributed by atoms with Gasteiger partial charge in [-0.1, -0.05) is 11.6 Å². The maximum atomic E-state index is 11.9. The molecule has 1 aromatic rings. The van der Waals surface area contributed by atoms with Crippen LogP contribution in [0.4, 0.5) is 10.5 Å². The van der Waals surface area contributed by atoms with E-state index in [-0.39, 0.29) is 28.7 Å². The van der Waals surface area contributed by atoms with Crippen molar-refractivity contribution in [3.05, 3.63) is 23.2 Å². The molecular weight excluding hydrogens is 280 g/mol. The lowest BCUT2D eigenvalue weighted by molar-refractivity contribution is 0.249. The Balaban J connectivity index is 2.74. The number of benzene rings is 1. The Bertz CT molecular complexity index is 547. The third-order valence-electron chi connectivity index (χ3n) is 1.98. The molecule has 1 rings (SSSR count). The zero-order chi connectivity index (χ0) is 13.8. The van der Waals surface area contributed by atoms with E-state index in [0.29, 0.717) is 0 Å². The highest BCUT2D eigenvalue weighted by molar-refractivity contribution is 7.89. The van der Waals surface area contributed by atoms with Gasteiger partial charge in [0.1, 0.15) is 4.90 Å². The van der Waals surface area contributed by atoms with Crippen molar-refractivity contribution in [3.8, 4) is 0 Å². The number of rotatable bonds is 5. The van der Waals surface area contributed by atoms with Crippen molar-refractivity contribution in [2.75, 3.05) is 18.8 Å². The monoisotopic (exact) mass is 292 g/mol. The van der Waals surface area contributed by atoms with Gasteiger partial charge >= 0.3 is 6.03 Å². The molecule has 0 radical (unpaired) electrons. The Labute approximate surface area is 110 Å². The van der Waals surface area contributed by atoms with Gasteiger partial charge in [0.15, 0.2) is 0 Å². The number of sulfonamides is 1. The van der Waals surface area contributed by atoms with E-state index in [2.05, 4.69) is 10.0 Å². The Morgan fingerprint density at radius 2 is 2.00 bits per heavy atom. The number of hydrogen-bond acceptors (Lipinski definition) is 4. The SMILES string of the molecule is NC(=O)NCCNS(=O)(=O)c1cc(Cl)ccc1N. The highest BCUT2D eigenvalue weighted by Gasteiger charge is 2.17. The van der Waals surface area contributed by atoms with Gasteiger partial charge in [-0.2, -0.15) is 0 Å². The van der Waals surface area contributed by atoms with E-state index in [1.54, 1.807) is 0 Å². The highest BCUT2D eigenvalue weighted by Crippen LogP contribution is 2.22. The van der Waals surface area contributed by atoms with Crippen LogP contribution in [0.15, 0.2) is 23.1 Å². The molecule has 0 saturated carbocycles. The number of halogens is 1. The third-order valence-corrected chi connectivity index (χ3v) is 3.73. The summed E-state index contributed by atoms with van der Waals surface area (Å²) in [6, 6.07) is 3.42. The molecule has 18 heavy (non-hydrogen) atoms. The van der Waals surface area contributed by atoms with Crippen molar-refractivity contribution < 1.29 is 13.2 Å². The van der Waals surface area contributed by atoms with Gasteiger partial charge in [0.2, 0.25) is 10.0 Å². The predicted octanol–water partition coefficient (Wildman–Crippen LogP) is -0.131. The van der Waals surface area contributed by atoms with E-state index < -0.39 is 16.1 Å². The number of carbonyl (C=O) groups excluding carboxylic acids is 1. The number of primary amides is 1. The van der Waals surface area contributed by atoms with Crippen molar-refractivity contribution in [3.63, 3.8) is 0 Å². The largest absolute Gasteiger partial charge is 0.398 e. The van der Waals surface area contributed by atoms with Crippen LogP contribution in [0.5, 0.6) is 0 Å². The Kier molecular flexibility index (Phi) is 4.76. The predicted molar refractivity (Wildman–Crippen MR) is 68.6 cm³/mol. The lowest BCUT2D eigenvalue weighted by Gasteiger charge is -2.09. The quantitative estimate of drug-likeness (QED) is 0.445. The summed E-state index contributed by atoms with van der Waals surface area (Å²) in [5.41, 5.74) is 10.5. The van der Waals surface area contributed by atoms with Gasteiger partial charge in [-0.05, 0) is 18.2 Å². The normalized spacial score (nSPS) is 11.2. The fraction of sp³-hybridized carbons (Fsp3) is 0.222. The number of nitrogens with two attached hydrogens (primary N) is 2. The minimum absolute atomic E-state index is 0.00275. The summed E-state index contributed by atoms with van der Waals surface area (Å²) in [5, 5.41) is 2.51. The van der Waals surface area contributed by atoms with E-state index in [1.807, 2.05) is 0 Å². The van der Waals surface area contributed by atoms with Crippen molar-refractivity contribution in [1.29, 1.82) is 0 Å². The molecule has 0 atom stereocenters. The number of carbonyl (C=O) groups is 1. The van der Waals surface area contributed by atoms with Gasteiger partial charge in [0.25, 0.3) is 0 Å². The van der Waals surface area contributed by atoms with Crippen LogP contribution < -0.4 is 21.5 Å². The molecule has 0 heterocycles. The molecule has 2 amide bonds. The Morgan fingerprint density at radius 1 is 1.33 bits per heavy atom.